The lowest BCUT2D eigenvalue weighted by atomic mass is 9.71. The summed E-state index contributed by atoms with van der Waals surface area (Å²) in [5.41, 5.74) is 7.48. The molecule has 138 valence electrons. The van der Waals surface area contributed by atoms with Crippen LogP contribution in [0.25, 0.3) is 0 Å². The first kappa shape index (κ1) is 17.8. The third kappa shape index (κ3) is 4.08. The summed E-state index contributed by atoms with van der Waals surface area (Å²) in [6.45, 7) is 6.44. The highest BCUT2D eigenvalue weighted by Crippen LogP contribution is 2.46. The minimum atomic E-state index is 0.443. The fourth-order valence-electron chi connectivity index (χ4n) is 4.39. The van der Waals surface area contributed by atoms with E-state index in [9.17, 15) is 0 Å². The molecule has 0 saturated heterocycles. The molecule has 0 atom stereocenters. The van der Waals surface area contributed by atoms with Crippen LogP contribution in [-0.2, 0) is 0 Å². The van der Waals surface area contributed by atoms with Gasteiger partial charge in [-0.3, -0.25) is 15.0 Å². The summed E-state index contributed by atoms with van der Waals surface area (Å²) >= 11 is 0. The summed E-state index contributed by atoms with van der Waals surface area (Å²) < 4.78 is 0. The molecule has 0 aromatic carbocycles. The van der Waals surface area contributed by atoms with Crippen LogP contribution in [0.4, 0.5) is 0 Å². The topological polar surface area (TPSA) is 38.7 Å². The van der Waals surface area contributed by atoms with Gasteiger partial charge < -0.3 is 0 Å². The SMILES string of the molecule is Cc1ccnc(C2CC(c3cc(C)ccn3)CC(c3cc(C)ccn3)C2)c1. The van der Waals surface area contributed by atoms with Gasteiger partial charge in [0.1, 0.15) is 0 Å². The number of aryl methyl sites for hydroxylation is 3. The summed E-state index contributed by atoms with van der Waals surface area (Å²) in [7, 11) is 0. The van der Waals surface area contributed by atoms with Crippen LogP contribution >= 0.6 is 0 Å². The molecule has 0 unspecified atom stereocenters. The minimum absolute atomic E-state index is 0.443. The Bertz CT molecular complexity index is 806. The lowest BCUT2D eigenvalue weighted by Gasteiger charge is -2.34. The van der Waals surface area contributed by atoms with Crippen LogP contribution in [0.1, 0.15) is 70.8 Å². The van der Waals surface area contributed by atoms with Crippen molar-refractivity contribution >= 4 is 0 Å². The molecule has 3 aromatic rings. The maximum absolute atomic E-state index is 4.71. The van der Waals surface area contributed by atoms with Gasteiger partial charge in [-0.25, -0.2) is 0 Å². The van der Waals surface area contributed by atoms with Gasteiger partial charge in [-0.2, -0.15) is 0 Å². The summed E-state index contributed by atoms with van der Waals surface area (Å²) in [4.78, 5) is 14.1. The Hall–Kier alpha value is -2.55. The van der Waals surface area contributed by atoms with Crippen molar-refractivity contribution in [1.82, 2.24) is 15.0 Å². The van der Waals surface area contributed by atoms with Crippen molar-refractivity contribution in [2.75, 3.05) is 0 Å². The van der Waals surface area contributed by atoms with E-state index in [4.69, 9.17) is 15.0 Å². The molecule has 1 aliphatic rings. The fourth-order valence-corrected chi connectivity index (χ4v) is 4.39. The van der Waals surface area contributed by atoms with Gasteiger partial charge in [0, 0.05) is 53.4 Å². The second-order valence-corrected chi connectivity index (χ2v) is 8.07. The van der Waals surface area contributed by atoms with Gasteiger partial charge in [0.25, 0.3) is 0 Å². The van der Waals surface area contributed by atoms with Gasteiger partial charge in [0.05, 0.1) is 0 Å². The third-order valence-corrected chi connectivity index (χ3v) is 5.77. The van der Waals surface area contributed by atoms with Crippen molar-refractivity contribution in [3.05, 3.63) is 88.8 Å². The normalized spacial score (nSPS) is 22.6. The Balaban J connectivity index is 1.70. The van der Waals surface area contributed by atoms with E-state index in [1.54, 1.807) is 0 Å². The maximum Gasteiger partial charge on any atom is 0.0437 e. The summed E-state index contributed by atoms with van der Waals surface area (Å²) in [5.74, 6) is 1.33. The number of pyridine rings is 3. The number of aromatic nitrogens is 3. The molecule has 0 radical (unpaired) electrons. The smallest absolute Gasteiger partial charge is 0.0437 e. The second-order valence-electron chi connectivity index (χ2n) is 8.07. The van der Waals surface area contributed by atoms with E-state index in [-0.39, 0.29) is 0 Å². The lowest BCUT2D eigenvalue weighted by Crippen LogP contribution is -2.21. The standard InChI is InChI=1S/C24H27N3/c1-16-4-7-25-22(10-16)19-13-20(23-11-17(2)5-8-26-23)15-21(14-19)24-12-18(3)6-9-27-24/h4-12,19-21H,13-15H2,1-3H3. The molecule has 3 heterocycles. The van der Waals surface area contributed by atoms with E-state index in [1.165, 1.54) is 33.8 Å². The van der Waals surface area contributed by atoms with Gasteiger partial charge >= 0.3 is 0 Å². The first-order chi connectivity index (χ1) is 13.1. The minimum Gasteiger partial charge on any atom is -0.261 e. The zero-order valence-electron chi connectivity index (χ0n) is 16.4. The summed E-state index contributed by atoms with van der Waals surface area (Å²) in [5, 5.41) is 0. The van der Waals surface area contributed by atoms with Crippen LogP contribution in [-0.4, -0.2) is 15.0 Å². The van der Waals surface area contributed by atoms with E-state index >= 15 is 0 Å². The molecule has 1 aliphatic carbocycles. The van der Waals surface area contributed by atoms with Crippen LogP contribution < -0.4 is 0 Å². The van der Waals surface area contributed by atoms with Crippen LogP contribution in [0.5, 0.6) is 0 Å². The average molecular weight is 358 g/mol. The van der Waals surface area contributed by atoms with Crippen molar-refractivity contribution in [2.45, 2.75) is 57.8 Å². The molecule has 1 fully saturated rings. The van der Waals surface area contributed by atoms with Crippen molar-refractivity contribution in [3.8, 4) is 0 Å². The molecule has 4 rings (SSSR count). The zero-order chi connectivity index (χ0) is 18.8. The average Bonchev–Trinajstić information content (AvgIpc) is 2.68. The zero-order valence-corrected chi connectivity index (χ0v) is 16.4. The first-order valence-corrected chi connectivity index (χ1v) is 9.86. The third-order valence-electron chi connectivity index (χ3n) is 5.77. The van der Waals surface area contributed by atoms with Gasteiger partial charge in [-0.15, -0.1) is 0 Å². The van der Waals surface area contributed by atoms with Crippen LogP contribution in [0, 0.1) is 20.8 Å². The van der Waals surface area contributed by atoms with E-state index in [0.29, 0.717) is 17.8 Å². The molecule has 27 heavy (non-hydrogen) atoms. The Morgan fingerprint density at radius 2 is 0.852 bits per heavy atom. The van der Waals surface area contributed by atoms with Crippen LogP contribution in [0.15, 0.2) is 55.0 Å². The monoisotopic (exact) mass is 357 g/mol. The molecule has 0 N–H and O–H groups in total. The molecule has 3 heteroatoms. The Morgan fingerprint density at radius 1 is 0.556 bits per heavy atom. The molecule has 3 aromatic heterocycles. The number of nitrogens with zero attached hydrogens (tertiary/aromatic N) is 3. The summed E-state index contributed by atoms with van der Waals surface area (Å²) in [6.07, 6.45) is 9.15. The highest BCUT2D eigenvalue weighted by Gasteiger charge is 2.33. The van der Waals surface area contributed by atoms with Gasteiger partial charge in [0.15, 0.2) is 0 Å². The molecule has 1 saturated carbocycles. The Labute approximate surface area is 161 Å². The number of hydrogen-bond donors (Lipinski definition) is 0. The van der Waals surface area contributed by atoms with E-state index in [0.717, 1.165) is 19.3 Å². The van der Waals surface area contributed by atoms with E-state index in [2.05, 4.69) is 57.2 Å². The highest BCUT2D eigenvalue weighted by molar-refractivity contribution is 5.26. The predicted molar refractivity (Wildman–Crippen MR) is 109 cm³/mol. The van der Waals surface area contributed by atoms with Crippen molar-refractivity contribution in [3.63, 3.8) is 0 Å². The van der Waals surface area contributed by atoms with Crippen molar-refractivity contribution < 1.29 is 0 Å². The number of hydrogen-bond acceptors (Lipinski definition) is 3. The largest absolute Gasteiger partial charge is 0.261 e. The molecular weight excluding hydrogens is 330 g/mol. The van der Waals surface area contributed by atoms with Gasteiger partial charge in [-0.1, -0.05) is 0 Å². The molecular formula is C24H27N3. The second kappa shape index (κ2) is 7.59. The van der Waals surface area contributed by atoms with E-state index < -0.39 is 0 Å². The van der Waals surface area contributed by atoms with E-state index in [1.807, 2.05) is 18.6 Å². The maximum atomic E-state index is 4.71. The fraction of sp³-hybridized carbons (Fsp3) is 0.375. The van der Waals surface area contributed by atoms with Crippen molar-refractivity contribution in [2.24, 2.45) is 0 Å². The quantitative estimate of drug-likeness (QED) is 0.609. The molecule has 0 spiro atoms. The lowest BCUT2D eigenvalue weighted by molar-refractivity contribution is 0.338. The molecule has 3 nitrogen and oxygen atoms in total. The van der Waals surface area contributed by atoms with Gasteiger partial charge in [-0.05, 0) is 93.1 Å². The predicted octanol–water partition coefficient (Wildman–Crippen LogP) is 5.63. The van der Waals surface area contributed by atoms with Crippen molar-refractivity contribution in [1.29, 1.82) is 0 Å². The summed E-state index contributed by atoms with van der Waals surface area (Å²) in [6, 6.07) is 13.0. The Morgan fingerprint density at radius 3 is 1.11 bits per heavy atom. The van der Waals surface area contributed by atoms with Crippen LogP contribution in [0.3, 0.4) is 0 Å². The molecule has 0 bridgehead atoms. The molecule has 0 aliphatic heterocycles. The first-order valence-electron chi connectivity index (χ1n) is 9.86. The Kier molecular flexibility index (Phi) is 5.02. The van der Waals surface area contributed by atoms with Crippen LogP contribution in [0.2, 0.25) is 0 Å². The highest BCUT2D eigenvalue weighted by atomic mass is 14.7. The number of rotatable bonds is 3. The molecule has 0 amide bonds. The van der Waals surface area contributed by atoms with Gasteiger partial charge in [0.2, 0.25) is 0 Å².